The molecule has 8 heteroatoms. The van der Waals surface area contributed by atoms with Gasteiger partial charge in [-0.05, 0) is 30.3 Å². The van der Waals surface area contributed by atoms with Gasteiger partial charge in [0.05, 0.1) is 17.9 Å². The Morgan fingerprint density at radius 3 is 2.64 bits per heavy atom. The van der Waals surface area contributed by atoms with Crippen molar-refractivity contribution in [3.8, 4) is 11.4 Å². The van der Waals surface area contributed by atoms with Crippen LogP contribution in [0.5, 0.6) is 0 Å². The van der Waals surface area contributed by atoms with E-state index in [2.05, 4.69) is 20.3 Å². The molecule has 25 heavy (non-hydrogen) atoms. The van der Waals surface area contributed by atoms with E-state index in [1.165, 1.54) is 17.0 Å². The molecular formula is C17H14ClN5O2. The normalized spacial score (nSPS) is 10.5. The van der Waals surface area contributed by atoms with Gasteiger partial charge in [-0.25, -0.2) is 15.0 Å². The number of carbonyl (C=O) groups excluding carboxylic acids is 1. The summed E-state index contributed by atoms with van der Waals surface area (Å²) < 4.78 is 1.33. The van der Waals surface area contributed by atoms with Gasteiger partial charge in [-0.3, -0.25) is 14.2 Å². The molecule has 7 nitrogen and oxygen atoms in total. The van der Waals surface area contributed by atoms with Gasteiger partial charge in [-0.2, -0.15) is 0 Å². The number of anilines is 1. The van der Waals surface area contributed by atoms with Gasteiger partial charge in [0.15, 0.2) is 5.78 Å². The van der Waals surface area contributed by atoms with Crippen molar-refractivity contribution in [2.24, 2.45) is 7.05 Å². The van der Waals surface area contributed by atoms with Crippen molar-refractivity contribution in [3.05, 3.63) is 69.9 Å². The fourth-order valence-corrected chi connectivity index (χ4v) is 2.29. The first kappa shape index (κ1) is 16.8. The van der Waals surface area contributed by atoms with Gasteiger partial charge < -0.3 is 5.32 Å². The Labute approximate surface area is 148 Å². The number of aromatic nitrogens is 4. The second kappa shape index (κ2) is 7.23. The largest absolute Gasteiger partial charge is 0.348 e. The molecule has 126 valence electrons. The molecule has 0 aliphatic rings. The topological polar surface area (TPSA) is 89.8 Å². The van der Waals surface area contributed by atoms with Crippen molar-refractivity contribution in [1.29, 1.82) is 0 Å². The second-order valence-electron chi connectivity index (χ2n) is 5.24. The average Bonchev–Trinajstić information content (AvgIpc) is 2.64. The number of hydrogen-bond donors (Lipinski definition) is 1. The molecule has 3 rings (SSSR count). The van der Waals surface area contributed by atoms with E-state index in [9.17, 15) is 9.59 Å². The molecule has 1 aromatic carbocycles. The van der Waals surface area contributed by atoms with Crippen molar-refractivity contribution in [1.82, 2.24) is 19.5 Å². The molecule has 0 aliphatic heterocycles. The van der Waals surface area contributed by atoms with Gasteiger partial charge in [0.1, 0.15) is 6.33 Å². The molecule has 2 heterocycles. The molecule has 0 bridgehead atoms. The Morgan fingerprint density at radius 1 is 1.20 bits per heavy atom. The predicted molar refractivity (Wildman–Crippen MR) is 94.8 cm³/mol. The van der Waals surface area contributed by atoms with Gasteiger partial charge in [0.2, 0.25) is 5.95 Å². The number of benzene rings is 1. The van der Waals surface area contributed by atoms with E-state index in [1.54, 1.807) is 43.6 Å². The molecule has 0 atom stereocenters. The molecule has 2 aromatic heterocycles. The molecule has 0 spiro atoms. The van der Waals surface area contributed by atoms with Gasteiger partial charge >= 0.3 is 0 Å². The Hall–Kier alpha value is -3.06. The molecule has 3 aromatic rings. The summed E-state index contributed by atoms with van der Waals surface area (Å²) in [6.07, 6.45) is 2.95. The van der Waals surface area contributed by atoms with Crippen molar-refractivity contribution in [2.45, 2.75) is 0 Å². The quantitative estimate of drug-likeness (QED) is 0.705. The van der Waals surface area contributed by atoms with Gasteiger partial charge in [0.25, 0.3) is 5.56 Å². The van der Waals surface area contributed by atoms with Crippen LogP contribution in [-0.4, -0.2) is 31.8 Å². The van der Waals surface area contributed by atoms with Crippen LogP contribution in [-0.2, 0) is 7.05 Å². The maximum absolute atomic E-state index is 12.2. The summed E-state index contributed by atoms with van der Waals surface area (Å²) in [7, 11) is 1.58. The summed E-state index contributed by atoms with van der Waals surface area (Å²) in [4.78, 5) is 36.7. The molecule has 0 aliphatic carbocycles. The number of halogens is 1. The number of rotatable bonds is 5. The first-order valence-corrected chi connectivity index (χ1v) is 7.79. The third-order valence-electron chi connectivity index (χ3n) is 3.55. The summed E-state index contributed by atoms with van der Waals surface area (Å²) in [6.45, 7) is -0.00482. The highest BCUT2D eigenvalue weighted by molar-refractivity contribution is 6.30. The second-order valence-corrected chi connectivity index (χ2v) is 5.68. The number of hydrogen-bond acceptors (Lipinski definition) is 6. The van der Waals surface area contributed by atoms with E-state index in [0.717, 1.165) is 0 Å². The van der Waals surface area contributed by atoms with Crippen LogP contribution in [0.2, 0.25) is 5.02 Å². The van der Waals surface area contributed by atoms with E-state index in [1.807, 2.05) is 0 Å². The number of nitrogens with one attached hydrogen (secondary N) is 1. The van der Waals surface area contributed by atoms with E-state index >= 15 is 0 Å². The molecule has 0 amide bonds. The minimum Gasteiger partial charge on any atom is -0.348 e. The summed E-state index contributed by atoms with van der Waals surface area (Å²) >= 11 is 5.82. The lowest BCUT2D eigenvalue weighted by atomic mass is 10.1. The number of ketones is 1. The average molecular weight is 356 g/mol. The lowest BCUT2D eigenvalue weighted by Gasteiger charge is -2.11. The summed E-state index contributed by atoms with van der Waals surface area (Å²) in [5.41, 5.74) is 1.20. The maximum atomic E-state index is 12.2. The highest BCUT2D eigenvalue weighted by Crippen LogP contribution is 2.14. The first-order chi connectivity index (χ1) is 12.0. The minimum absolute atomic E-state index is 0.00482. The highest BCUT2D eigenvalue weighted by Gasteiger charge is 2.11. The molecule has 0 fully saturated rings. The number of Topliss-reactive ketones (excluding diaryl/α,β-unsaturated/α-hetero) is 1. The van der Waals surface area contributed by atoms with Crippen LogP contribution in [0.1, 0.15) is 10.4 Å². The van der Waals surface area contributed by atoms with E-state index in [4.69, 9.17) is 11.6 Å². The Morgan fingerprint density at radius 2 is 1.96 bits per heavy atom. The van der Waals surface area contributed by atoms with E-state index in [0.29, 0.717) is 22.0 Å². The number of carbonyl (C=O) groups is 1. The predicted octanol–water partition coefficient (Wildman–Crippen LogP) is 2.19. The van der Waals surface area contributed by atoms with Crippen molar-refractivity contribution < 1.29 is 4.79 Å². The smallest absolute Gasteiger partial charge is 0.255 e. The molecule has 0 saturated carbocycles. The Balaban J connectivity index is 1.82. The first-order valence-electron chi connectivity index (χ1n) is 7.41. The monoisotopic (exact) mass is 355 g/mol. The van der Waals surface area contributed by atoms with Crippen molar-refractivity contribution in [2.75, 3.05) is 11.9 Å². The molecular weight excluding hydrogens is 342 g/mol. The zero-order valence-corrected chi connectivity index (χ0v) is 14.1. The zero-order valence-electron chi connectivity index (χ0n) is 13.3. The third kappa shape index (κ3) is 3.89. The van der Waals surface area contributed by atoms with Gasteiger partial charge in [-0.1, -0.05) is 11.6 Å². The van der Waals surface area contributed by atoms with Crippen LogP contribution in [0.4, 0.5) is 5.95 Å². The van der Waals surface area contributed by atoms with Crippen LogP contribution < -0.4 is 10.9 Å². The SMILES string of the molecule is Cn1c(NCC(=O)c2ccc(Cl)cc2)nc(-c2ccncn2)cc1=O. The van der Waals surface area contributed by atoms with Crippen LogP contribution in [0.3, 0.4) is 0 Å². The Bertz CT molecular complexity index is 955. The van der Waals surface area contributed by atoms with E-state index < -0.39 is 0 Å². The van der Waals surface area contributed by atoms with Crippen molar-refractivity contribution >= 4 is 23.3 Å². The van der Waals surface area contributed by atoms with Crippen LogP contribution >= 0.6 is 11.6 Å². The maximum Gasteiger partial charge on any atom is 0.255 e. The van der Waals surface area contributed by atoms with Crippen LogP contribution in [0.15, 0.2) is 53.7 Å². The van der Waals surface area contributed by atoms with Crippen molar-refractivity contribution in [3.63, 3.8) is 0 Å². The molecule has 0 saturated heterocycles. The summed E-state index contributed by atoms with van der Waals surface area (Å²) in [6, 6.07) is 9.64. The third-order valence-corrected chi connectivity index (χ3v) is 3.80. The standard InChI is InChI=1S/C17H14ClN5O2/c1-23-16(25)8-14(13-6-7-19-10-21-13)22-17(23)20-9-15(24)11-2-4-12(18)5-3-11/h2-8,10H,9H2,1H3,(H,20,22). The summed E-state index contributed by atoms with van der Waals surface area (Å²) in [5, 5.41) is 3.46. The fourth-order valence-electron chi connectivity index (χ4n) is 2.17. The Kier molecular flexibility index (Phi) is 4.85. The summed E-state index contributed by atoms with van der Waals surface area (Å²) in [5.74, 6) is 0.141. The lowest BCUT2D eigenvalue weighted by Crippen LogP contribution is -2.24. The lowest BCUT2D eigenvalue weighted by molar-refractivity contribution is 0.101. The minimum atomic E-state index is -0.259. The fraction of sp³-hybridized carbons (Fsp3) is 0.118. The number of nitrogens with zero attached hydrogens (tertiary/aromatic N) is 4. The highest BCUT2D eigenvalue weighted by atomic mass is 35.5. The molecule has 0 radical (unpaired) electrons. The molecule has 1 N–H and O–H groups in total. The van der Waals surface area contributed by atoms with Gasteiger partial charge in [0, 0.05) is 29.9 Å². The van der Waals surface area contributed by atoms with E-state index in [-0.39, 0.29) is 23.8 Å². The van der Waals surface area contributed by atoms with Gasteiger partial charge in [-0.15, -0.1) is 0 Å². The van der Waals surface area contributed by atoms with Crippen LogP contribution in [0, 0.1) is 0 Å². The molecule has 0 unspecified atom stereocenters. The zero-order chi connectivity index (χ0) is 17.8. The van der Waals surface area contributed by atoms with Crippen LogP contribution in [0.25, 0.3) is 11.4 Å².